The van der Waals surface area contributed by atoms with E-state index in [9.17, 15) is 9.18 Å². The van der Waals surface area contributed by atoms with Crippen molar-refractivity contribution in [3.05, 3.63) is 35.6 Å². The van der Waals surface area contributed by atoms with Gasteiger partial charge in [-0.25, -0.2) is 4.39 Å². The van der Waals surface area contributed by atoms with Crippen LogP contribution in [0.2, 0.25) is 0 Å². The van der Waals surface area contributed by atoms with Gasteiger partial charge in [0.25, 0.3) is 0 Å². The average molecular weight is 180 g/mol. The second-order valence-electron chi connectivity index (χ2n) is 3.09. The van der Waals surface area contributed by atoms with Crippen molar-refractivity contribution in [3.8, 4) is 0 Å². The van der Waals surface area contributed by atoms with Gasteiger partial charge in [-0.3, -0.25) is 4.79 Å². The van der Waals surface area contributed by atoms with E-state index in [0.29, 0.717) is 6.61 Å². The van der Waals surface area contributed by atoms with E-state index >= 15 is 0 Å². The molecule has 2 rings (SSSR count). The van der Waals surface area contributed by atoms with Crippen molar-refractivity contribution in [1.82, 2.24) is 0 Å². The molecule has 0 amide bonds. The second-order valence-corrected chi connectivity index (χ2v) is 3.09. The molecule has 1 aromatic rings. The molecular weight excluding hydrogens is 171 g/mol. The number of rotatable bonds is 1. The van der Waals surface area contributed by atoms with Gasteiger partial charge in [0.05, 0.1) is 12.5 Å². The molecule has 0 saturated carbocycles. The van der Waals surface area contributed by atoms with Gasteiger partial charge >= 0.3 is 0 Å². The van der Waals surface area contributed by atoms with Crippen LogP contribution in [-0.2, 0) is 9.53 Å². The van der Waals surface area contributed by atoms with E-state index in [1.807, 2.05) is 0 Å². The summed E-state index contributed by atoms with van der Waals surface area (Å²) in [5, 5.41) is 0. The second kappa shape index (κ2) is 3.26. The van der Waals surface area contributed by atoms with Gasteiger partial charge in [0, 0.05) is 0 Å². The standard InChI is InChI=1S/C10H9FO2/c11-8-3-1-7(2-4-8)9-5-13-6-10(9)12/h1-4,9H,5-6H2. The maximum absolute atomic E-state index is 12.6. The lowest BCUT2D eigenvalue weighted by atomic mass is 9.98. The highest BCUT2D eigenvalue weighted by Crippen LogP contribution is 2.22. The van der Waals surface area contributed by atoms with Crippen LogP contribution in [-0.4, -0.2) is 19.0 Å². The zero-order valence-corrected chi connectivity index (χ0v) is 7.00. The number of benzene rings is 1. The number of ketones is 1. The molecule has 0 radical (unpaired) electrons. The van der Waals surface area contributed by atoms with Crippen molar-refractivity contribution >= 4 is 5.78 Å². The molecule has 68 valence electrons. The zero-order valence-electron chi connectivity index (χ0n) is 7.00. The lowest BCUT2D eigenvalue weighted by Gasteiger charge is -2.05. The third-order valence-corrected chi connectivity index (χ3v) is 2.19. The molecule has 0 bridgehead atoms. The molecule has 1 aliphatic rings. The Labute approximate surface area is 75.3 Å². The first-order valence-electron chi connectivity index (χ1n) is 4.13. The Bertz CT molecular complexity index is 318. The van der Waals surface area contributed by atoms with Crippen molar-refractivity contribution in [3.63, 3.8) is 0 Å². The number of Topliss-reactive ketones (excluding diaryl/α,β-unsaturated/α-hetero) is 1. The maximum atomic E-state index is 12.6. The molecule has 1 aromatic carbocycles. The summed E-state index contributed by atoms with van der Waals surface area (Å²) in [6.07, 6.45) is 0. The van der Waals surface area contributed by atoms with Crippen LogP contribution >= 0.6 is 0 Å². The summed E-state index contributed by atoms with van der Waals surface area (Å²) in [4.78, 5) is 11.2. The molecule has 1 heterocycles. The Kier molecular flexibility index (Phi) is 2.10. The largest absolute Gasteiger partial charge is 0.373 e. The van der Waals surface area contributed by atoms with Crippen LogP contribution in [0.1, 0.15) is 11.5 Å². The highest BCUT2D eigenvalue weighted by atomic mass is 19.1. The Balaban J connectivity index is 2.25. The number of carbonyl (C=O) groups is 1. The van der Waals surface area contributed by atoms with Crippen molar-refractivity contribution in [2.24, 2.45) is 0 Å². The summed E-state index contributed by atoms with van der Waals surface area (Å²) in [7, 11) is 0. The maximum Gasteiger partial charge on any atom is 0.168 e. The number of halogens is 1. The normalized spacial score (nSPS) is 22.2. The number of ether oxygens (including phenoxy) is 1. The summed E-state index contributed by atoms with van der Waals surface area (Å²) >= 11 is 0. The smallest absolute Gasteiger partial charge is 0.168 e. The quantitative estimate of drug-likeness (QED) is 0.654. The van der Waals surface area contributed by atoms with E-state index < -0.39 is 0 Å². The van der Waals surface area contributed by atoms with Crippen LogP contribution in [0.4, 0.5) is 4.39 Å². The van der Waals surface area contributed by atoms with Crippen LogP contribution in [0.5, 0.6) is 0 Å². The van der Waals surface area contributed by atoms with Crippen LogP contribution in [0.15, 0.2) is 24.3 Å². The van der Waals surface area contributed by atoms with Crippen molar-refractivity contribution < 1.29 is 13.9 Å². The Morgan fingerprint density at radius 2 is 2.00 bits per heavy atom. The van der Waals surface area contributed by atoms with Gasteiger partial charge in [0.1, 0.15) is 12.4 Å². The monoisotopic (exact) mass is 180 g/mol. The van der Waals surface area contributed by atoms with Crippen molar-refractivity contribution in [2.45, 2.75) is 5.92 Å². The number of carbonyl (C=O) groups excluding carboxylic acids is 1. The number of hydrogen-bond acceptors (Lipinski definition) is 2. The van der Waals surface area contributed by atoms with E-state index in [4.69, 9.17) is 4.74 Å². The Morgan fingerprint density at radius 3 is 2.54 bits per heavy atom. The fraction of sp³-hybridized carbons (Fsp3) is 0.300. The molecule has 1 fully saturated rings. The van der Waals surface area contributed by atoms with Gasteiger partial charge in [-0.2, -0.15) is 0 Å². The fourth-order valence-electron chi connectivity index (χ4n) is 1.45. The Morgan fingerprint density at radius 1 is 1.31 bits per heavy atom. The summed E-state index contributed by atoms with van der Waals surface area (Å²) in [5.41, 5.74) is 0.837. The topological polar surface area (TPSA) is 26.3 Å². The van der Waals surface area contributed by atoms with Crippen LogP contribution in [0, 0.1) is 5.82 Å². The molecule has 1 aliphatic heterocycles. The number of hydrogen-bond donors (Lipinski definition) is 0. The third-order valence-electron chi connectivity index (χ3n) is 2.19. The predicted molar refractivity (Wildman–Crippen MR) is 45.0 cm³/mol. The molecule has 13 heavy (non-hydrogen) atoms. The first-order valence-corrected chi connectivity index (χ1v) is 4.13. The lowest BCUT2D eigenvalue weighted by molar-refractivity contribution is -0.118. The van der Waals surface area contributed by atoms with E-state index in [-0.39, 0.29) is 24.1 Å². The molecule has 0 spiro atoms. The molecular formula is C10H9FO2. The first kappa shape index (κ1) is 8.38. The van der Waals surface area contributed by atoms with E-state index in [0.717, 1.165) is 5.56 Å². The summed E-state index contributed by atoms with van der Waals surface area (Å²) in [5.74, 6) is -0.401. The molecule has 3 heteroatoms. The van der Waals surface area contributed by atoms with Crippen molar-refractivity contribution in [2.75, 3.05) is 13.2 Å². The highest BCUT2D eigenvalue weighted by Gasteiger charge is 2.26. The predicted octanol–water partition coefficient (Wildman–Crippen LogP) is 1.51. The summed E-state index contributed by atoms with van der Waals surface area (Å²) in [6, 6.07) is 5.99. The molecule has 0 N–H and O–H groups in total. The van der Waals surface area contributed by atoms with Crippen LogP contribution in [0.3, 0.4) is 0 Å². The third kappa shape index (κ3) is 1.60. The highest BCUT2D eigenvalue weighted by molar-refractivity contribution is 5.88. The Hall–Kier alpha value is -1.22. The molecule has 1 unspecified atom stereocenters. The van der Waals surface area contributed by atoms with Gasteiger partial charge in [-0.05, 0) is 17.7 Å². The van der Waals surface area contributed by atoms with E-state index in [1.54, 1.807) is 12.1 Å². The molecule has 1 saturated heterocycles. The van der Waals surface area contributed by atoms with Crippen LogP contribution < -0.4 is 0 Å². The van der Waals surface area contributed by atoms with Gasteiger partial charge in [-0.1, -0.05) is 12.1 Å². The average Bonchev–Trinajstić information content (AvgIpc) is 2.53. The van der Waals surface area contributed by atoms with E-state index in [2.05, 4.69) is 0 Å². The van der Waals surface area contributed by atoms with Gasteiger partial charge in [0.15, 0.2) is 5.78 Å². The van der Waals surface area contributed by atoms with Crippen molar-refractivity contribution in [1.29, 1.82) is 0 Å². The fourth-order valence-corrected chi connectivity index (χ4v) is 1.45. The first-order chi connectivity index (χ1) is 6.27. The molecule has 0 aromatic heterocycles. The summed E-state index contributed by atoms with van der Waals surface area (Å²) in [6.45, 7) is 0.604. The minimum absolute atomic E-state index is 0.0756. The molecule has 2 nitrogen and oxygen atoms in total. The van der Waals surface area contributed by atoms with Gasteiger partial charge in [0.2, 0.25) is 0 Å². The van der Waals surface area contributed by atoms with Crippen LogP contribution in [0.25, 0.3) is 0 Å². The van der Waals surface area contributed by atoms with E-state index in [1.165, 1.54) is 12.1 Å². The molecule has 1 atom stereocenters. The minimum atomic E-state index is -0.282. The zero-order chi connectivity index (χ0) is 9.26. The minimum Gasteiger partial charge on any atom is -0.373 e. The lowest BCUT2D eigenvalue weighted by Crippen LogP contribution is -2.08. The van der Waals surface area contributed by atoms with Gasteiger partial charge < -0.3 is 4.74 Å². The van der Waals surface area contributed by atoms with Gasteiger partial charge in [-0.15, -0.1) is 0 Å². The molecule has 0 aliphatic carbocycles. The SMILES string of the molecule is O=C1COCC1c1ccc(F)cc1. The summed E-state index contributed by atoms with van der Waals surface area (Å²) < 4.78 is 17.6.